The number of benzene rings is 1. The van der Waals surface area contributed by atoms with Crippen LogP contribution in [0.1, 0.15) is 12.0 Å². The molecule has 1 amide bonds. The fourth-order valence-electron chi connectivity index (χ4n) is 3.44. The maximum atomic E-state index is 12.2. The zero-order chi connectivity index (χ0) is 14.8. The van der Waals surface area contributed by atoms with E-state index in [1.165, 1.54) is 5.56 Å². The van der Waals surface area contributed by atoms with E-state index >= 15 is 0 Å². The fourth-order valence-corrected chi connectivity index (χ4v) is 3.44. The molecule has 2 saturated heterocycles. The Balaban J connectivity index is 1.56. The molecule has 114 valence electrons. The quantitative estimate of drug-likeness (QED) is 0.840. The van der Waals surface area contributed by atoms with Crippen molar-refractivity contribution < 1.29 is 9.53 Å². The summed E-state index contributed by atoms with van der Waals surface area (Å²) in [7, 11) is 3.66. The van der Waals surface area contributed by atoms with Gasteiger partial charge in [0.15, 0.2) is 0 Å². The van der Waals surface area contributed by atoms with Gasteiger partial charge in [-0.2, -0.15) is 0 Å². The molecule has 0 saturated carbocycles. The molecule has 0 N–H and O–H groups in total. The third kappa shape index (κ3) is 3.27. The number of ether oxygens (including phenoxy) is 1. The van der Waals surface area contributed by atoms with Crippen LogP contribution < -0.4 is 0 Å². The number of hydrogen-bond donors (Lipinski definition) is 0. The summed E-state index contributed by atoms with van der Waals surface area (Å²) in [5.41, 5.74) is 1.37. The third-order valence-corrected chi connectivity index (χ3v) is 4.55. The molecule has 0 aromatic heterocycles. The van der Waals surface area contributed by atoms with E-state index < -0.39 is 0 Å². The van der Waals surface area contributed by atoms with Crippen molar-refractivity contribution in [1.29, 1.82) is 0 Å². The van der Waals surface area contributed by atoms with Gasteiger partial charge in [-0.05, 0) is 18.4 Å². The van der Waals surface area contributed by atoms with E-state index in [0.29, 0.717) is 0 Å². The summed E-state index contributed by atoms with van der Waals surface area (Å²) in [6.45, 7) is 2.89. The van der Waals surface area contributed by atoms with Gasteiger partial charge in [0, 0.05) is 33.7 Å². The highest BCUT2D eigenvalue weighted by Gasteiger charge is 2.44. The maximum absolute atomic E-state index is 12.2. The Bertz CT molecular complexity index is 489. The van der Waals surface area contributed by atoms with Crippen molar-refractivity contribution in [2.24, 2.45) is 5.92 Å². The second-order valence-electron chi connectivity index (χ2n) is 6.37. The summed E-state index contributed by atoms with van der Waals surface area (Å²) in [6, 6.07) is 10.6. The Kier molecular flexibility index (Phi) is 4.27. The molecule has 1 aromatic rings. The average molecular weight is 288 g/mol. The predicted molar refractivity (Wildman–Crippen MR) is 82.0 cm³/mol. The standard InChI is InChI=1S/C17H24N2O2/c1-18(2)17(20)15-10-14-11-19(12-16(15)21-14)9-8-13-6-4-3-5-7-13/h3-7,14-16H,8-12H2,1-2H3/t14-,15-,16-/m0/s1. The van der Waals surface area contributed by atoms with Gasteiger partial charge in [0.25, 0.3) is 0 Å². The van der Waals surface area contributed by atoms with Crippen molar-refractivity contribution in [3.05, 3.63) is 35.9 Å². The molecule has 3 atom stereocenters. The van der Waals surface area contributed by atoms with Crippen LogP contribution in [0.5, 0.6) is 0 Å². The Morgan fingerprint density at radius 1 is 1.29 bits per heavy atom. The van der Waals surface area contributed by atoms with Gasteiger partial charge in [0.2, 0.25) is 5.91 Å². The van der Waals surface area contributed by atoms with Gasteiger partial charge in [-0.15, -0.1) is 0 Å². The van der Waals surface area contributed by atoms with Crippen LogP contribution in [0, 0.1) is 5.92 Å². The first-order valence-corrected chi connectivity index (χ1v) is 7.76. The van der Waals surface area contributed by atoms with Crippen molar-refractivity contribution in [3.8, 4) is 0 Å². The summed E-state index contributed by atoms with van der Waals surface area (Å²) in [5, 5.41) is 0. The first kappa shape index (κ1) is 14.5. The minimum Gasteiger partial charge on any atom is -0.371 e. The van der Waals surface area contributed by atoms with E-state index in [1.807, 2.05) is 14.1 Å². The highest BCUT2D eigenvalue weighted by Crippen LogP contribution is 2.32. The largest absolute Gasteiger partial charge is 0.371 e. The van der Waals surface area contributed by atoms with E-state index in [9.17, 15) is 4.79 Å². The zero-order valence-corrected chi connectivity index (χ0v) is 12.9. The molecule has 2 aliphatic rings. The van der Waals surface area contributed by atoms with Crippen molar-refractivity contribution in [3.63, 3.8) is 0 Å². The van der Waals surface area contributed by atoms with Gasteiger partial charge in [-0.1, -0.05) is 30.3 Å². The zero-order valence-electron chi connectivity index (χ0n) is 12.9. The number of carbonyl (C=O) groups excluding carboxylic acids is 1. The van der Waals surface area contributed by atoms with Gasteiger partial charge >= 0.3 is 0 Å². The number of fused-ring (bicyclic) bond motifs is 2. The number of amides is 1. The molecule has 0 aliphatic carbocycles. The summed E-state index contributed by atoms with van der Waals surface area (Å²) in [4.78, 5) is 16.4. The smallest absolute Gasteiger partial charge is 0.227 e. The second kappa shape index (κ2) is 6.16. The molecular weight excluding hydrogens is 264 g/mol. The Morgan fingerprint density at radius 3 is 2.76 bits per heavy atom. The number of hydrogen-bond acceptors (Lipinski definition) is 3. The van der Waals surface area contributed by atoms with Crippen LogP contribution >= 0.6 is 0 Å². The average Bonchev–Trinajstić information content (AvgIpc) is 2.80. The minimum atomic E-state index is 0.0479. The lowest BCUT2D eigenvalue weighted by Crippen LogP contribution is -2.45. The molecule has 2 bridgehead atoms. The molecule has 2 fully saturated rings. The Labute approximate surface area is 126 Å². The van der Waals surface area contributed by atoms with Gasteiger partial charge in [-0.3, -0.25) is 9.69 Å². The normalized spacial score (nSPS) is 28.6. The number of carbonyl (C=O) groups is 1. The summed E-state index contributed by atoms with van der Waals surface area (Å²) in [5.74, 6) is 0.263. The van der Waals surface area contributed by atoms with E-state index in [-0.39, 0.29) is 24.0 Å². The van der Waals surface area contributed by atoms with E-state index in [0.717, 1.165) is 32.5 Å². The molecule has 3 rings (SSSR count). The fraction of sp³-hybridized carbons (Fsp3) is 0.588. The maximum Gasteiger partial charge on any atom is 0.227 e. The third-order valence-electron chi connectivity index (χ3n) is 4.55. The summed E-state index contributed by atoms with van der Waals surface area (Å²) < 4.78 is 5.97. The molecular formula is C17H24N2O2. The van der Waals surface area contributed by atoms with Crippen molar-refractivity contribution >= 4 is 5.91 Å². The SMILES string of the molecule is CN(C)C(=O)[C@H]1C[C@H]2CN(CCc3ccccc3)C[C@@H]1O2. The van der Waals surface area contributed by atoms with Crippen LogP contribution in [-0.2, 0) is 16.0 Å². The van der Waals surface area contributed by atoms with Gasteiger partial charge in [-0.25, -0.2) is 0 Å². The molecule has 1 aromatic carbocycles. The Morgan fingerprint density at radius 2 is 2.05 bits per heavy atom. The molecule has 0 unspecified atom stereocenters. The highest BCUT2D eigenvalue weighted by molar-refractivity contribution is 5.79. The van der Waals surface area contributed by atoms with E-state index in [2.05, 4.69) is 35.2 Å². The number of morpholine rings is 1. The molecule has 0 radical (unpaired) electrons. The Hall–Kier alpha value is -1.39. The number of nitrogens with zero attached hydrogens (tertiary/aromatic N) is 2. The van der Waals surface area contributed by atoms with Crippen LogP contribution in [0.25, 0.3) is 0 Å². The van der Waals surface area contributed by atoms with Crippen LogP contribution in [0.2, 0.25) is 0 Å². The molecule has 2 aliphatic heterocycles. The highest BCUT2D eigenvalue weighted by atomic mass is 16.5. The predicted octanol–water partition coefficient (Wildman–Crippen LogP) is 1.41. The molecule has 0 spiro atoms. The second-order valence-corrected chi connectivity index (χ2v) is 6.37. The topological polar surface area (TPSA) is 32.8 Å². The van der Waals surface area contributed by atoms with Crippen LogP contribution in [0.3, 0.4) is 0 Å². The van der Waals surface area contributed by atoms with Crippen LogP contribution in [-0.4, -0.2) is 61.6 Å². The lowest BCUT2D eigenvalue weighted by Gasteiger charge is -2.33. The van der Waals surface area contributed by atoms with Gasteiger partial charge < -0.3 is 9.64 Å². The van der Waals surface area contributed by atoms with E-state index in [1.54, 1.807) is 4.90 Å². The van der Waals surface area contributed by atoms with Crippen molar-refractivity contribution in [2.75, 3.05) is 33.7 Å². The molecule has 4 nitrogen and oxygen atoms in total. The first-order chi connectivity index (χ1) is 10.1. The monoisotopic (exact) mass is 288 g/mol. The van der Waals surface area contributed by atoms with Crippen LogP contribution in [0.4, 0.5) is 0 Å². The van der Waals surface area contributed by atoms with Crippen molar-refractivity contribution in [1.82, 2.24) is 9.80 Å². The lowest BCUT2D eigenvalue weighted by molar-refractivity contribution is -0.135. The number of likely N-dealkylation sites (tertiary alicyclic amines) is 1. The lowest BCUT2D eigenvalue weighted by atomic mass is 9.99. The molecule has 4 heteroatoms. The van der Waals surface area contributed by atoms with E-state index in [4.69, 9.17) is 4.74 Å². The van der Waals surface area contributed by atoms with Gasteiger partial charge in [0.05, 0.1) is 18.1 Å². The summed E-state index contributed by atoms with van der Waals surface area (Å²) in [6.07, 6.45) is 2.25. The summed E-state index contributed by atoms with van der Waals surface area (Å²) >= 11 is 0. The number of rotatable bonds is 4. The molecule has 2 heterocycles. The van der Waals surface area contributed by atoms with Crippen molar-refractivity contribution in [2.45, 2.75) is 25.0 Å². The van der Waals surface area contributed by atoms with Crippen LogP contribution in [0.15, 0.2) is 30.3 Å². The minimum absolute atomic E-state index is 0.0479. The first-order valence-electron chi connectivity index (χ1n) is 7.76. The molecule has 21 heavy (non-hydrogen) atoms. The van der Waals surface area contributed by atoms with Gasteiger partial charge in [0.1, 0.15) is 0 Å².